The van der Waals surface area contributed by atoms with Crippen molar-refractivity contribution in [2.75, 3.05) is 6.54 Å². The second kappa shape index (κ2) is 6.05. The lowest BCUT2D eigenvalue weighted by Crippen LogP contribution is -2.54. The Hall–Kier alpha value is -0.570. The first kappa shape index (κ1) is 13.9. The molecule has 0 bridgehead atoms. The van der Waals surface area contributed by atoms with Gasteiger partial charge in [-0.05, 0) is 43.9 Å². The highest BCUT2D eigenvalue weighted by molar-refractivity contribution is 5.82. The zero-order valence-corrected chi connectivity index (χ0v) is 11.9. The molecule has 1 heterocycles. The van der Waals surface area contributed by atoms with E-state index in [0.29, 0.717) is 12.0 Å². The van der Waals surface area contributed by atoms with E-state index in [1.807, 2.05) is 0 Å². The first-order valence-electron chi connectivity index (χ1n) is 7.65. The summed E-state index contributed by atoms with van der Waals surface area (Å²) in [6, 6.07) is 0.212. The minimum Gasteiger partial charge on any atom is -0.338 e. The van der Waals surface area contributed by atoms with Crippen molar-refractivity contribution in [1.29, 1.82) is 0 Å². The molecule has 2 fully saturated rings. The molecule has 0 radical (unpaired) electrons. The molecule has 3 atom stereocenters. The molecule has 3 nitrogen and oxygen atoms in total. The van der Waals surface area contributed by atoms with E-state index < -0.39 is 0 Å². The van der Waals surface area contributed by atoms with Crippen LogP contribution in [0.4, 0.5) is 0 Å². The van der Waals surface area contributed by atoms with E-state index in [0.717, 1.165) is 18.9 Å². The normalized spacial score (nSPS) is 30.1. The molecule has 1 amide bonds. The number of amides is 1. The third-order valence-corrected chi connectivity index (χ3v) is 4.57. The molecule has 0 aromatic rings. The predicted molar refractivity (Wildman–Crippen MR) is 74.1 cm³/mol. The van der Waals surface area contributed by atoms with Gasteiger partial charge in [0.1, 0.15) is 0 Å². The SMILES string of the molecule is CC(C)CC(N)C(=O)N1CCCC2CCCCC21. The Balaban J connectivity index is 1.99. The van der Waals surface area contributed by atoms with Crippen LogP contribution in [-0.2, 0) is 4.79 Å². The second-order valence-electron chi connectivity index (χ2n) is 6.52. The van der Waals surface area contributed by atoms with E-state index >= 15 is 0 Å². The molecule has 2 aliphatic rings. The van der Waals surface area contributed by atoms with Crippen LogP contribution in [0.1, 0.15) is 58.8 Å². The predicted octanol–water partition coefficient (Wildman–Crippen LogP) is 2.54. The lowest BCUT2D eigenvalue weighted by Gasteiger charge is -2.45. The highest BCUT2D eigenvalue weighted by Gasteiger charge is 2.37. The van der Waals surface area contributed by atoms with Crippen molar-refractivity contribution in [3.63, 3.8) is 0 Å². The highest BCUT2D eigenvalue weighted by atomic mass is 16.2. The van der Waals surface area contributed by atoms with Crippen LogP contribution in [0.5, 0.6) is 0 Å². The number of nitrogens with zero attached hydrogens (tertiary/aromatic N) is 1. The second-order valence-corrected chi connectivity index (χ2v) is 6.52. The molecule has 3 heteroatoms. The van der Waals surface area contributed by atoms with Gasteiger partial charge in [-0.1, -0.05) is 26.7 Å². The lowest BCUT2D eigenvalue weighted by molar-refractivity contribution is -0.139. The smallest absolute Gasteiger partial charge is 0.239 e. The minimum atomic E-state index is -0.286. The van der Waals surface area contributed by atoms with Crippen LogP contribution >= 0.6 is 0 Å². The summed E-state index contributed by atoms with van der Waals surface area (Å²) in [5, 5.41) is 0. The fraction of sp³-hybridized carbons (Fsp3) is 0.933. The summed E-state index contributed by atoms with van der Waals surface area (Å²) < 4.78 is 0. The van der Waals surface area contributed by atoms with Crippen LogP contribution in [0.2, 0.25) is 0 Å². The molecule has 1 aliphatic carbocycles. The van der Waals surface area contributed by atoms with Gasteiger partial charge < -0.3 is 10.6 Å². The molecule has 1 saturated carbocycles. The third-order valence-electron chi connectivity index (χ3n) is 4.57. The molecule has 1 aliphatic heterocycles. The zero-order valence-electron chi connectivity index (χ0n) is 11.9. The maximum Gasteiger partial charge on any atom is 0.239 e. The van der Waals surface area contributed by atoms with E-state index in [1.54, 1.807) is 0 Å². The van der Waals surface area contributed by atoms with Crippen LogP contribution in [0.25, 0.3) is 0 Å². The highest BCUT2D eigenvalue weighted by Crippen LogP contribution is 2.35. The molecule has 2 rings (SSSR count). The number of hydrogen-bond donors (Lipinski definition) is 1. The number of fused-ring (bicyclic) bond motifs is 1. The quantitative estimate of drug-likeness (QED) is 0.839. The van der Waals surface area contributed by atoms with Gasteiger partial charge in [0.25, 0.3) is 0 Å². The van der Waals surface area contributed by atoms with Crippen molar-refractivity contribution in [2.24, 2.45) is 17.6 Å². The molecule has 18 heavy (non-hydrogen) atoms. The van der Waals surface area contributed by atoms with Crippen molar-refractivity contribution in [3.8, 4) is 0 Å². The van der Waals surface area contributed by atoms with Gasteiger partial charge in [-0.3, -0.25) is 4.79 Å². The summed E-state index contributed by atoms with van der Waals surface area (Å²) >= 11 is 0. The molecule has 2 N–H and O–H groups in total. The number of rotatable bonds is 3. The Morgan fingerprint density at radius 1 is 1.22 bits per heavy atom. The van der Waals surface area contributed by atoms with Gasteiger partial charge >= 0.3 is 0 Å². The number of nitrogens with two attached hydrogens (primary N) is 1. The zero-order chi connectivity index (χ0) is 13.1. The monoisotopic (exact) mass is 252 g/mol. The van der Waals surface area contributed by atoms with E-state index in [2.05, 4.69) is 18.7 Å². The number of carbonyl (C=O) groups excluding carboxylic acids is 1. The van der Waals surface area contributed by atoms with Crippen LogP contribution in [-0.4, -0.2) is 29.4 Å². The number of likely N-dealkylation sites (tertiary alicyclic amines) is 1. The van der Waals surface area contributed by atoms with E-state index in [-0.39, 0.29) is 11.9 Å². The summed E-state index contributed by atoms with van der Waals surface area (Å²) in [7, 11) is 0. The number of hydrogen-bond acceptors (Lipinski definition) is 2. The van der Waals surface area contributed by atoms with E-state index in [9.17, 15) is 4.79 Å². The summed E-state index contributed by atoms with van der Waals surface area (Å²) in [5.41, 5.74) is 6.08. The Morgan fingerprint density at radius 2 is 1.89 bits per heavy atom. The summed E-state index contributed by atoms with van der Waals surface area (Å²) in [6.45, 7) is 5.20. The summed E-state index contributed by atoms with van der Waals surface area (Å²) in [6.07, 6.45) is 8.44. The van der Waals surface area contributed by atoms with Crippen molar-refractivity contribution >= 4 is 5.91 Å². The topological polar surface area (TPSA) is 46.3 Å². The van der Waals surface area contributed by atoms with Gasteiger partial charge in [-0.15, -0.1) is 0 Å². The third kappa shape index (κ3) is 3.05. The Kier molecular flexibility index (Phi) is 4.66. The van der Waals surface area contributed by atoms with Crippen molar-refractivity contribution in [2.45, 2.75) is 70.9 Å². The van der Waals surface area contributed by atoms with Crippen LogP contribution in [0.3, 0.4) is 0 Å². The Morgan fingerprint density at radius 3 is 2.61 bits per heavy atom. The maximum absolute atomic E-state index is 12.5. The molecule has 0 aromatic carbocycles. The van der Waals surface area contributed by atoms with Crippen LogP contribution in [0.15, 0.2) is 0 Å². The van der Waals surface area contributed by atoms with Gasteiger partial charge in [0.05, 0.1) is 6.04 Å². The van der Waals surface area contributed by atoms with Crippen molar-refractivity contribution < 1.29 is 4.79 Å². The van der Waals surface area contributed by atoms with Gasteiger partial charge in [-0.25, -0.2) is 0 Å². The van der Waals surface area contributed by atoms with Crippen molar-refractivity contribution in [1.82, 2.24) is 4.90 Å². The molecule has 104 valence electrons. The average Bonchev–Trinajstić information content (AvgIpc) is 2.36. The fourth-order valence-electron chi connectivity index (χ4n) is 3.72. The minimum absolute atomic E-state index is 0.209. The van der Waals surface area contributed by atoms with Crippen LogP contribution in [0, 0.1) is 11.8 Å². The molecular formula is C15H28N2O. The van der Waals surface area contributed by atoms with Gasteiger partial charge in [0, 0.05) is 12.6 Å². The summed E-state index contributed by atoms with van der Waals surface area (Å²) in [4.78, 5) is 14.6. The van der Waals surface area contributed by atoms with E-state index in [4.69, 9.17) is 5.73 Å². The van der Waals surface area contributed by atoms with E-state index in [1.165, 1.54) is 38.5 Å². The average molecular weight is 252 g/mol. The Labute approximate surface area is 111 Å². The Bertz CT molecular complexity index is 288. The molecule has 3 unspecified atom stereocenters. The first-order chi connectivity index (χ1) is 8.59. The molecular weight excluding hydrogens is 224 g/mol. The standard InChI is InChI=1S/C15H28N2O/c1-11(2)10-13(16)15(18)17-9-5-7-12-6-3-4-8-14(12)17/h11-14H,3-10,16H2,1-2H3. The fourth-order valence-corrected chi connectivity index (χ4v) is 3.72. The maximum atomic E-state index is 12.5. The largest absolute Gasteiger partial charge is 0.338 e. The van der Waals surface area contributed by atoms with Gasteiger partial charge in [-0.2, -0.15) is 0 Å². The first-order valence-corrected chi connectivity index (χ1v) is 7.65. The van der Waals surface area contributed by atoms with Crippen molar-refractivity contribution in [3.05, 3.63) is 0 Å². The number of piperidine rings is 1. The van der Waals surface area contributed by atoms with Gasteiger partial charge in [0.15, 0.2) is 0 Å². The molecule has 0 spiro atoms. The molecule has 0 aromatic heterocycles. The molecule has 1 saturated heterocycles. The number of carbonyl (C=O) groups is 1. The van der Waals surface area contributed by atoms with Crippen LogP contribution < -0.4 is 5.73 Å². The summed E-state index contributed by atoms with van der Waals surface area (Å²) in [5.74, 6) is 1.46. The lowest BCUT2D eigenvalue weighted by atomic mass is 9.78. The van der Waals surface area contributed by atoms with Gasteiger partial charge in [0.2, 0.25) is 5.91 Å².